The van der Waals surface area contributed by atoms with Crippen LogP contribution < -0.4 is 26.4 Å². The highest BCUT2D eigenvalue weighted by atomic mass is 16.6. The molecule has 0 bridgehead atoms. The molecule has 0 aliphatic carbocycles. The van der Waals surface area contributed by atoms with Gasteiger partial charge in [-0.05, 0) is 59.5 Å². The summed E-state index contributed by atoms with van der Waals surface area (Å²) in [5, 5.41) is 22.1. The summed E-state index contributed by atoms with van der Waals surface area (Å²) >= 11 is 0. The number of phenolic OH excluding ortho intramolecular Hbond substituents is 1. The van der Waals surface area contributed by atoms with Crippen molar-refractivity contribution < 1.29 is 32.9 Å². The van der Waals surface area contributed by atoms with Crippen molar-refractivity contribution in [2.75, 3.05) is 7.11 Å². The van der Waals surface area contributed by atoms with Crippen LogP contribution in [0.3, 0.4) is 0 Å². The number of benzene rings is 3. The van der Waals surface area contributed by atoms with Crippen LogP contribution in [-0.4, -0.2) is 17.3 Å². The van der Waals surface area contributed by atoms with Gasteiger partial charge in [0.05, 0.1) is 23.6 Å². The lowest BCUT2D eigenvalue weighted by molar-refractivity contribution is -0.0232. The first kappa shape index (κ1) is 26.3. The Kier molecular flexibility index (Phi) is 6.14. The third kappa shape index (κ3) is 4.54. The first-order valence-corrected chi connectivity index (χ1v) is 13.3. The van der Waals surface area contributed by atoms with Crippen LogP contribution in [-0.2, 0) is 12.8 Å². The van der Waals surface area contributed by atoms with E-state index in [1.54, 1.807) is 48.5 Å². The summed E-state index contributed by atoms with van der Waals surface area (Å²) < 4.78 is 27.5. The molecule has 0 saturated heterocycles. The molecule has 0 spiro atoms. The lowest BCUT2D eigenvalue weighted by Gasteiger charge is -2.24. The van der Waals surface area contributed by atoms with Crippen molar-refractivity contribution in [1.29, 1.82) is 0 Å². The van der Waals surface area contributed by atoms with E-state index in [2.05, 4.69) is 0 Å². The van der Waals surface area contributed by atoms with Crippen LogP contribution >= 0.6 is 0 Å². The normalized spacial score (nSPS) is 13.9. The number of aliphatic hydroxyl groups excluding tert-OH is 1. The summed E-state index contributed by atoms with van der Waals surface area (Å²) in [6.45, 7) is 0. The van der Waals surface area contributed by atoms with E-state index in [9.17, 15) is 24.6 Å². The van der Waals surface area contributed by atoms with E-state index in [1.807, 2.05) is 0 Å². The number of fused-ring (bicyclic) bond motifs is 5. The first-order chi connectivity index (χ1) is 20.8. The van der Waals surface area contributed by atoms with Crippen molar-refractivity contribution in [3.63, 3.8) is 0 Å². The van der Waals surface area contributed by atoms with Crippen molar-refractivity contribution in [2.45, 2.75) is 19.1 Å². The molecular weight excluding hydrogens is 556 g/mol. The highest BCUT2D eigenvalue weighted by Crippen LogP contribution is 2.42. The number of phenols is 1. The van der Waals surface area contributed by atoms with Gasteiger partial charge in [0, 0.05) is 29.5 Å². The molecule has 3 aromatic heterocycles. The van der Waals surface area contributed by atoms with E-state index in [0.29, 0.717) is 51.0 Å². The molecule has 6 aromatic rings. The zero-order valence-electron chi connectivity index (χ0n) is 22.6. The topological polar surface area (TPSA) is 150 Å². The van der Waals surface area contributed by atoms with E-state index in [-0.39, 0.29) is 34.6 Å². The quantitative estimate of drug-likeness (QED) is 0.273. The van der Waals surface area contributed by atoms with Crippen molar-refractivity contribution in [1.82, 2.24) is 0 Å². The van der Waals surface area contributed by atoms with Gasteiger partial charge in [0.2, 0.25) is 6.29 Å². The molecule has 10 nitrogen and oxygen atoms in total. The monoisotopic (exact) mass is 578 g/mol. The number of hydrogen-bond donors (Lipinski definition) is 2. The van der Waals surface area contributed by atoms with Gasteiger partial charge in [-0.15, -0.1) is 0 Å². The van der Waals surface area contributed by atoms with E-state index in [4.69, 9.17) is 22.7 Å². The second-order valence-corrected chi connectivity index (χ2v) is 10.2. The molecule has 7 rings (SSSR count). The van der Waals surface area contributed by atoms with Gasteiger partial charge in [-0.2, -0.15) is 0 Å². The molecule has 0 amide bonds. The van der Waals surface area contributed by atoms with Crippen molar-refractivity contribution in [3.8, 4) is 28.6 Å². The van der Waals surface area contributed by atoms with E-state index in [1.165, 1.54) is 31.4 Å². The van der Waals surface area contributed by atoms with Gasteiger partial charge in [-0.3, -0.25) is 0 Å². The Bertz CT molecular complexity index is 2260. The van der Waals surface area contributed by atoms with Crippen LogP contribution in [0.5, 0.6) is 17.2 Å². The molecule has 3 aromatic carbocycles. The van der Waals surface area contributed by atoms with Gasteiger partial charge < -0.3 is 32.9 Å². The number of aromatic hydroxyl groups is 1. The maximum Gasteiger partial charge on any atom is 0.339 e. The molecule has 2 N–H and O–H groups in total. The number of hydrogen-bond acceptors (Lipinski definition) is 10. The third-order valence-electron chi connectivity index (χ3n) is 7.48. The van der Waals surface area contributed by atoms with Crippen LogP contribution in [0.4, 0.5) is 0 Å². The highest BCUT2D eigenvalue weighted by Gasteiger charge is 2.29. The van der Waals surface area contributed by atoms with Crippen LogP contribution in [0.15, 0.2) is 100 Å². The fraction of sp³-hybridized carbons (Fsp3) is 0.121. The third-order valence-corrected chi connectivity index (χ3v) is 7.48. The molecule has 0 radical (unpaired) electrons. The molecule has 214 valence electrons. The predicted octanol–water partition coefficient (Wildman–Crippen LogP) is 4.80. The van der Waals surface area contributed by atoms with E-state index in [0.717, 1.165) is 5.56 Å². The zero-order chi connectivity index (χ0) is 29.8. The van der Waals surface area contributed by atoms with E-state index >= 15 is 0 Å². The fourth-order valence-electron chi connectivity index (χ4n) is 5.58. The molecule has 1 aliphatic rings. The highest BCUT2D eigenvalue weighted by molar-refractivity contribution is 5.87. The summed E-state index contributed by atoms with van der Waals surface area (Å²) in [7, 11) is 1.50. The van der Waals surface area contributed by atoms with Gasteiger partial charge in [0.15, 0.2) is 17.1 Å². The maximum absolute atomic E-state index is 13.3. The molecule has 0 fully saturated rings. The zero-order valence-corrected chi connectivity index (χ0v) is 22.6. The lowest BCUT2D eigenvalue weighted by Crippen LogP contribution is -2.19. The van der Waals surface area contributed by atoms with Crippen molar-refractivity contribution in [2.24, 2.45) is 0 Å². The van der Waals surface area contributed by atoms with E-state index < -0.39 is 23.2 Å². The standard InChI is InChI=1S/C33H22O10/c1-39-25-6-3-7-26-29(25)18(15-27(35)40-26)12-19-13-22-30(43-32(19)37)21-11-16(8-9-24(21)41-33(22)38)10-17-14-28(36)42-31-20(17)4-2-5-23(31)34/h2-9,11,13-15,33-34,38H,10,12H2,1H3. The molecule has 43 heavy (non-hydrogen) atoms. The second-order valence-electron chi connectivity index (χ2n) is 10.2. The van der Waals surface area contributed by atoms with Crippen LogP contribution in [0.2, 0.25) is 0 Å². The van der Waals surface area contributed by atoms with Gasteiger partial charge >= 0.3 is 16.9 Å². The minimum absolute atomic E-state index is 0.00815. The van der Waals surface area contributed by atoms with Gasteiger partial charge in [0.25, 0.3) is 0 Å². The molecular formula is C33H22O10. The smallest absolute Gasteiger partial charge is 0.339 e. The second kappa shape index (κ2) is 10.0. The average molecular weight is 579 g/mol. The molecule has 1 aliphatic heterocycles. The largest absolute Gasteiger partial charge is 0.504 e. The Morgan fingerprint density at radius 1 is 0.814 bits per heavy atom. The number of methoxy groups -OCH3 is 1. The minimum atomic E-state index is -1.41. The Hall–Kier alpha value is -5.61. The lowest BCUT2D eigenvalue weighted by atomic mass is 9.95. The Balaban J connectivity index is 1.30. The molecule has 4 heterocycles. The summed E-state index contributed by atoms with van der Waals surface area (Å²) in [5.41, 5.74) is 1.35. The fourth-order valence-corrected chi connectivity index (χ4v) is 5.58. The first-order valence-electron chi connectivity index (χ1n) is 13.3. The van der Waals surface area contributed by atoms with Crippen LogP contribution in [0.25, 0.3) is 33.3 Å². The number of rotatable bonds is 5. The molecule has 0 saturated carbocycles. The van der Waals surface area contributed by atoms with Crippen molar-refractivity contribution in [3.05, 3.63) is 132 Å². The van der Waals surface area contributed by atoms with Crippen LogP contribution in [0.1, 0.15) is 34.1 Å². The Morgan fingerprint density at radius 3 is 2.44 bits per heavy atom. The Morgan fingerprint density at radius 2 is 1.60 bits per heavy atom. The Labute approximate surface area is 241 Å². The molecule has 10 heteroatoms. The molecule has 1 atom stereocenters. The SMILES string of the molecule is COc1cccc2oc(=O)cc(Cc3cc4c(oc3=O)-c3cc(Cc5cc(=O)oc6c(O)cccc56)ccc3OC4O)c12. The minimum Gasteiger partial charge on any atom is -0.504 e. The van der Waals surface area contributed by atoms with Gasteiger partial charge in [0.1, 0.15) is 17.1 Å². The maximum atomic E-state index is 13.3. The number of aliphatic hydroxyl groups is 1. The van der Waals surface area contributed by atoms with Gasteiger partial charge in [-0.1, -0.05) is 24.3 Å². The number of para-hydroxylation sites is 1. The summed E-state index contributed by atoms with van der Waals surface area (Å²) in [4.78, 5) is 37.8. The van der Waals surface area contributed by atoms with Gasteiger partial charge in [-0.25, -0.2) is 14.4 Å². The van der Waals surface area contributed by atoms with Crippen molar-refractivity contribution >= 4 is 21.9 Å². The number of ether oxygens (including phenoxy) is 2. The average Bonchev–Trinajstić information content (AvgIpc) is 2.98. The summed E-state index contributed by atoms with van der Waals surface area (Å²) in [6.07, 6.45) is -1.10. The predicted molar refractivity (Wildman–Crippen MR) is 155 cm³/mol. The summed E-state index contributed by atoms with van der Waals surface area (Å²) in [5.74, 6) is 0.793. The molecule has 1 unspecified atom stereocenters. The van der Waals surface area contributed by atoms with Crippen LogP contribution in [0, 0.1) is 0 Å². The summed E-state index contributed by atoms with van der Waals surface area (Å²) in [6, 6.07) is 19.2.